The summed E-state index contributed by atoms with van der Waals surface area (Å²) in [6, 6.07) is 4.34. The summed E-state index contributed by atoms with van der Waals surface area (Å²) in [7, 11) is -2.68. The first-order chi connectivity index (χ1) is 13.6. The number of hydrazine groups is 1. The second kappa shape index (κ2) is 8.32. The highest BCUT2D eigenvalue weighted by molar-refractivity contribution is 7.89. The van der Waals surface area contributed by atoms with Crippen LogP contribution in [0.15, 0.2) is 23.1 Å². The molecule has 1 heterocycles. The van der Waals surface area contributed by atoms with Crippen LogP contribution in [0.4, 0.5) is 16.2 Å². The van der Waals surface area contributed by atoms with Crippen molar-refractivity contribution in [2.45, 2.75) is 56.0 Å². The number of nitrogens with one attached hydrogen (secondary N) is 1. The van der Waals surface area contributed by atoms with Crippen molar-refractivity contribution in [1.29, 1.82) is 0 Å². The quantitative estimate of drug-likeness (QED) is 0.464. The smallest absolute Gasteiger partial charge is 0.424 e. The number of rotatable bonds is 7. The molecule has 0 spiro atoms. The standard InChI is InChI=1S/C17H27N5O6S/c1-11(23)10-21(17(24)25)22(28-12-5-3-4-6-12)29(26,27)13-7-8-14-15(9-13)20(2)16(18)19-14/h7-9,11-12,16,19,23H,3-6,10,18H2,1-2H3,(H,24,25). The van der Waals surface area contributed by atoms with Gasteiger partial charge in [0.2, 0.25) is 0 Å². The predicted octanol–water partition coefficient (Wildman–Crippen LogP) is 0.931. The lowest BCUT2D eigenvalue weighted by molar-refractivity contribution is -0.230. The maximum absolute atomic E-state index is 13.4. The lowest BCUT2D eigenvalue weighted by atomic mass is 10.3. The lowest BCUT2D eigenvalue weighted by Gasteiger charge is -2.33. The van der Waals surface area contributed by atoms with Crippen molar-refractivity contribution in [2.75, 3.05) is 23.8 Å². The van der Waals surface area contributed by atoms with Crippen molar-refractivity contribution in [2.24, 2.45) is 5.73 Å². The first-order valence-corrected chi connectivity index (χ1v) is 10.8. The van der Waals surface area contributed by atoms with Gasteiger partial charge in [-0.2, -0.15) is 5.01 Å². The highest BCUT2D eigenvalue weighted by Crippen LogP contribution is 2.35. The van der Waals surface area contributed by atoms with Gasteiger partial charge >= 0.3 is 6.09 Å². The zero-order valence-corrected chi connectivity index (χ0v) is 17.2. The zero-order valence-electron chi connectivity index (χ0n) is 16.4. The van der Waals surface area contributed by atoms with Gasteiger partial charge in [0.25, 0.3) is 10.0 Å². The van der Waals surface area contributed by atoms with Gasteiger partial charge in [0, 0.05) is 11.6 Å². The lowest BCUT2D eigenvalue weighted by Crippen LogP contribution is -2.52. The molecule has 1 aliphatic heterocycles. The van der Waals surface area contributed by atoms with Crippen LogP contribution in [0, 0.1) is 0 Å². The molecule has 29 heavy (non-hydrogen) atoms. The largest absolute Gasteiger partial charge is 0.464 e. The number of nitrogens with zero attached hydrogens (tertiary/aromatic N) is 3. The first kappa shape index (κ1) is 21.6. The summed E-state index contributed by atoms with van der Waals surface area (Å²) in [5.41, 5.74) is 7.15. The number of nitrogens with two attached hydrogens (primary N) is 1. The van der Waals surface area contributed by atoms with Crippen LogP contribution in [-0.2, 0) is 14.9 Å². The molecule has 12 heteroatoms. The number of carboxylic acid groups (broad SMARTS) is 1. The number of aliphatic hydroxyl groups excluding tert-OH is 1. The van der Waals surface area contributed by atoms with Crippen LogP contribution in [0.2, 0.25) is 0 Å². The molecular formula is C17H27N5O6S. The van der Waals surface area contributed by atoms with Crippen molar-refractivity contribution in [3.05, 3.63) is 18.2 Å². The average molecular weight is 429 g/mol. The Balaban J connectivity index is 2.00. The van der Waals surface area contributed by atoms with E-state index in [1.54, 1.807) is 18.0 Å². The van der Waals surface area contributed by atoms with Crippen LogP contribution in [0.5, 0.6) is 0 Å². The molecule has 1 aromatic carbocycles. The van der Waals surface area contributed by atoms with E-state index in [1.165, 1.54) is 19.1 Å². The molecule has 0 bridgehead atoms. The Kier molecular flexibility index (Phi) is 6.19. The molecular weight excluding hydrogens is 402 g/mol. The minimum Gasteiger partial charge on any atom is -0.464 e. The molecule has 0 saturated heterocycles. The van der Waals surface area contributed by atoms with Crippen LogP contribution in [0.1, 0.15) is 32.6 Å². The van der Waals surface area contributed by atoms with Gasteiger partial charge < -0.3 is 20.4 Å². The number of aliphatic hydroxyl groups is 1. The Bertz CT molecular complexity index is 858. The normalized spacial score (nSPS) is 20.6. The molecule has 3 rings (SSSR count). The second-order valence-electron chi connectivity index (χ2n) is 7.32. The molecule has 1 aromatic rings. The van der Waals surface area contributed by atoms with E-state index in [0.29, 0.717) is 33.8 Å². The van der Waals surface area contributed by atoms with Gasteiger partial charge in [-0.25, -0.2) is 13.2 Å². The van der Waals surface area contributed by atoms with Crippen LogP contribution in [0.25, 0.3) is 0 Å². The molecule has 2 atom stereocenters. The van der Waals surface area contributed by atoms with Crippen LogP contribution < -0.4 is 16.0 Å². The van der Waals surface area contributed by atoms with E-state index in [-0.39, 0.29) is 4.90 Å². The molecule has 2 aliphatic rings. The monoisotopic (exact) mass is 429 g/mol. The Morgan fingerprint density at radius 3 is 2.66 bits per heavy atom. The molecule has 11 nitrogen and oxygen atoms in total. The Labute approximate surface area is 169 Å². The van der Waals surface area contributed by atoms with Gasteiger partial charge in [-0.05, 0) is 38.0 Å². The van der Waals surface area contributed by atoms with Crippen LogP contribution in [-0.4, -0.2) is 66.4 Å². The number of sulfonamides is 1. The van der Waals surface area contributed by atoms with Gasteiger partial charge in [-0.15, -0.1) is 0 Å². The van der Waals surface area contributed by atoms with E-state index in [1.807, 2.05) is 0 Å². The highest BCUT2D eigenvalue weighted by Gasteiger charge is 2.39. The molecule has 2 unspecified atom stereocenters. The second-order valence-corrected chi connectivity index (χ2v) is 9.05. The number of amides is 1. The van der Waals surface area contributed by atoms with E-state index in [2.05, 4.69) is 5.32 Å². The average Bonchev–Trinajstić information content (AvgIpc) is 3.25. The third-order valence-electron chi connectivity index (χ3n) is 4.97. The van der Waals surface area contributed by atoms with E-state index >= 15 is 0 Å². The Morgan fingerprint density at radius 2 is 2.07 bits per heavy atom. The summed E-state index contributed by atoms with van der Waals surface area (Å²) >= 11 is 0. The fourth-order valence-electron chi connectivity index (χ4n) is 3.41. The molecule has 5 N–H and O–H groups in total. The Hall–Kier alpha value is -2.12. The molecule has 0 radical (unpaired) electrons. The minimum absolute atomic E-state index is 0.145. The number of hydrogen-bond acceptors (Lipinski definition) is 8. The van der Waals surface area contributed by atoms with Gasteiger partial charge in [0.1, 0.15) is 0 Å². The summed E-state index contributed by atoms with van der Waals surface area (Å²) in [4.78, 5) is 19.0. The fraction of sp³-hybridized carbons (Fsp3) is 0.588. The summed E-state index contributed by atoms with van der Waals surface area (Å²) in [6.07, 6.45) is -0.574. The van der Waals surface area contributed by atoms with Crippen molar-refractivity contribution >= 4 is 27.5 Å². The van der Waals surface area contributed by atoms with Gasteiger partial charge in [-0.3, -0.25) is 10.6 Å². The van der Waals surface area contributed by atoms with Crippen LogP contribution >= 0.6 is 0 Å². The molecule has 1 aliphatic carbocycles. The molecule has 1 saturated carbocycles. The SMILES string of the molecule is CC(O)CN(C(=O)O)N(OC1CCCC1)S(=O)(=O)c1ccc2c(c1)N(C)C(N)N2. The summed E-state index contributed by atoms with van der Waals surface area (Å²) in [5.74, 6) is 0. The summed E-state index contributed by atoms with van der Waals surface area (Å²) < 4.78 is 27.2. The van der Waals surface area contributed by atoms with Crippen molar-refractivity contribution in [3.63, 3.8) is 0 Å². The van der Waals surface area contributed by atoms with Gasteiger partial charge in [0.15, 0.2) is 6.29 Å². The van der Waals surface area contributed by atoms with E-state index in [9.17, 15) is 23.4 Å². The molecule has 162 valence electrons. The summed E-state index contributed by atoms with van der Waals surface area (Å²) in [5, 5.41) is 22.8. The van der Waals surface area contributed by atoms with E-state index in [4.69, 9.17) is 10.6 Å². The topological polar surface area (TPSA) is 149 Å². The maximum Gasteiger partial charge on any atom is 0.424 e. The van der Waals surface area contributed by atoms with Crippen molar-refractivity contribution in [3.8, 4) is 0 Å². The summed E-state index contributed by atoms with van der Waals surface area (Å²) in [6.45, 7) is 0.909. The van der Waals surface area contributed by atoms with Crippen molar-refractivity contribution in [1.82, 2.24) is 9.59 Å². The van der Waals surface area contributed by atoms with Crippen molar-refractivity contribution < 1.29 is 28.3 Å². The number of benzene rings is 1. The number of fused-ring (bicyclic) bond motifs is 1. The van der Waals surface area contributed by atoms with Gasteiger partial charge in [-0.1, -0.05) is 12.8 Å². The van der Waals surface area contributed by atoms with E-state index < -0.39 is 41.2 Å². The zero-order chi connectivity index (χ0) is 21.3. The minimum atomic E-state index is -4.39. The van der Waals surface area contributed by atoms with Gasteiger partial charge in [0.05, 0.1) is 35.0 Å². The number of anilines is 2. The third-order valence-corrected chi connectivity index (χ3v) is 6.51. The molecule has 1 fully saturated rings. The Morgan fingerprint density at radius 1 is 1.41 bits per heavy atom. The van der Waals surface area contributed by atoms with E-state index in [0.717, 1.165) is 12.8 Å². The fourth-order valence-corrected chi connectivity index (χ4v) is 4.72. The van der Waals surface area contributed by atoms with Crippen LogP contribution in [0.3, 0.4) is 0 Å². The maximum atomic E-state index is 13.4. The predicted molar refractivity (Wildman–Crippen MR) is 105 cm³/mol. The molecule has 1 amide bonds. The highest BCUT2D eigenvalue weighted by atomic mass is 32.2. The first-order valence-electron chi connectivity index (χ1n) is 9.41. The molecule has 0 aromatic heterocycles. The number of carbonyl (C=O) groups is 1. The number of hydrogen-bond donors (Lipinski definition) is 4. The third kappa shape index (κ3) is 4.41.